The lowest BCUT2D eigenvalue weighted by Crippen LogP contribution is -2.39. The molecule has 0 radical (unpaired) electrons. The fourth-order valence-corrected chi connectivity index (χ4v) is 2.93. The monoisotopic (exact) mass is 322 g/mol. The molecule has 2 rings (SSSR count). The van der Waals surface area contributed by atoms with E-state index in [0.29, 0.717) is 22.0 Å². The third-order valence-corrected chi connectivity index (χ3v) is 4.66. The summed E-state index contributed by atoms with van der Waals surface area (Å²) >= 11 is 12.2. The highest BCUT2D eigenvalue weighted by Gasteiger charge is 2.22. The molecule has 2 nitrogen and oxygen atoms in total. The zero-order valence-electron chi connectivity index (χ0n) is 11.1. The van der Waals surface area contributed by atoms with Gasteiger partial charge in [-0.25, -0.2) is 0 Å². The summed E-state index contributed by atoms with van der Waals surface area (Å²) in [5.74, 6) is 0.663. The van der Waals surface area contributed by atoms with Crippen LogP contribution in [0.5, 0.6) is 0 Å². The molecule has 0 aromatic heterocycles. The summed E-state index contributed by atoms with van der Waals surface area (Å²) in [6.07, 6.45) is 2.35. The van der Waals surface area contributed by atoms with Crippen LogP contribution >= 0.6 is 35.6 Å². The van der Waals surface area contributed by atoms with Gasteiger partial charge in [-0.1, -0.05) is 35.3 Å². The molecule has 0 aliphatic carbocycles. The van der Waals surface area contributed by atoms with Crippen molar-refractivity contribution < 1.29 is 0 Å². The maximum Gasteiger partial charge on any atom is 0.0637 e. The van der Waals surface area contributed by atoms with Crippen molar-refractivity contribution >= 4 is 35.6 Å². The first-order chi connectivity index (χ1) is 8.58. The van der Waals surface area contributed by atoms with Crippen LogP contribution in [0.3, 0.4) is 0 Å². The number of hydrogen-bond donors (Lipinski definition) is 1. The summed E-state index contributed by atoms with van der Waals surface area (Å²) in [5.41, 5.74) is 7.07. The van der Waals surface area contributed by atoms with E-state index in [0.717, 1.165) is 25.2 Å². The van der Waals surface area contributed by atoms with E-state index in [4.69, 9.17) is 28.9 Å². The van der Waals surface area contributed by atoms with Crippen LogP contribution in [0.1, 0.15) is 25.3 Å². The molecule has 1 aliphatic heterocycles. The van der Waals surface area contributed by atoms with Crippen molar-refractivity contribution in [2.24, 2.45) is 11.7 Å². The second-order valence-electron chi connectivity index (χ2n) is 5.19. The van der Waals surface area contributed by atoms with Crippen molar-refractivity contribution in [1.82, 2.24) is 4.90 Å². The molecule has 19 heavy (non-hydrogen) atoms. The summed E-state index contributed by atoms with van der Waals surface area (Å²) in [7, 11) is 0. The molecular weight excluding hydrogens is 303 g/mol. The van der Waals surface area contributed by atoms with Crippen molar-refractivity contribution in [3.05, 3.63) is 33.8 Å². The van der Waals surface area contributed by atoms with Crippen LogP contribution in [-0.4, -0.2) is 24.0 Å². The Labute approximate surface area is 131 Å². The third kappa shape index (κ3) is 4.51. The SMILES string of the molecule is CC(N)C1CCN(Cc2cccc(Cl)c2Cl)CC1.Cl. The first kappa shape index (κ1) is 17.1. The second-order valence-corrected chi connectivity index (χ2v) is 5.97. The van der Waals surface area contributed by atoms with E-state index < -0.39 is 0 Å². The molecule has 1 aromatic rings. The Balaban J connectivity index is 0.00000180. The van der Waals surface area contributed by atoms with Gasteiger partial charge >= 0.3 is 0 Å². The average molecular weight is 324 g/mol. The molecule has 0 spiro atoms. The molecule has 1 aromatic carbocycles. The number of nitrogens with zero attached hydrogens (tertiary/aromatic N) is 1. The zero-order valence-corrected chi connectivity index (χ0v) is 13.4. The fourth-order valence-electron chi connectivity index (χ4n) is 2.55. The van der Waals surface area contributed by atoms with Gasteiger partial charge in [0.2, 0.25) is 0 Å². The Morgan fingerprint density at radius 1 is 1.32 bits per heavy atom. The van der Waals surface area contributed by atoms with Crippen molar-refractivity contribution in [2.45, 2.75) is 32.4 Å². The summed E-state index contributed by atoms with van der Waals surface area (Å²) in [6, 6.07) is 6.14. The minimum Gasteiger partial charge on any atom is -0.328 e. The molecule has 1 heterocycles. The van der Waals surface area contributed by atoms with Gasteiger partial charge in [0.15, 0.2) is 0 Å². The maximum atomic E-state index is 6.21. The number of halogens is 3. The van der Waals surface area contributed by atoms with Crippen LogP contribution in [0.2, 0.25) is 10.0 Å². The standard InChI is InChI=1S/C14H20Cl2N2.ClH/c1-10(17)11-5-7-18(8-6-11)9-12-3-2-4-13(15)14(12)16;/h2-4,10-11H,5-9,17H2,1H3;1H. The summed E-state index contributed by atoms with van der Waals surface area (Å²) in [6.45, 7) is 5.17. The van der Waals surface area contributed by atoms with Crippen molar-refractivity contribution in [2.75, 3.05) is 13.1 Å². The third-order valence-electron chi connectivity index (χ3n) is 3.80. The maximum absolute atomic E-state index is 6.21. The van der Waals surface area contributed by atoms with Gasteiger partial charge in [0.05, 0.1) is 10.0 Å². The Morgan fingerprint density at radius 2 is 1.95 bits per heavy atom. The number of hydrogen-bond acceptors (Lipinski definition) is 2. The second kappa shape index (κ2) is 7.70. The number of rotatable bonds is 3. The molecule has 1 atom stereocenters. The quantitative estimate of drug-likeness (QED) is 0.912. The largest absolute Gasteiger partial charge is 0.328 e. The molecule has 108 valence electrons. The predicted octanol–water partition coefficient (Wildman–Crippen LogP) is 3.97. The van der Waals surface area contributed by atoms with Gasteiger partial charge in [0, 0.05) is 12.6 Å². The molecule has 1 saturated heterocycles. The van der Waals surface area contributed by atoms with Crippen molar-refractivity contribution in [3.63, 3.8) is 0 Å². The molecular formula is C14H21Cl3N2. The smallest absolute Gasteiger partial charge is 0.0637 e. The highest BCUT2D eigenvalue weighted by molar-refractivity contribution is 6.42. The van der Waals surface area contributed by atoms with Crippen LogP contribution in [0.4, 0.5) is 0 Å². The topological polar surface area (TPSA) is 29.3 Å². The molecule has 1 fully saturated rings. The van der Waals surface area contributed by atoms with Crippen LogP contribution < -0.4 is 5.73 Å². The Hall–Kier alpha value is 0.01000. The Morgan fingerprint density at radius 3 is 2.53 bits per heavy atom. The fraction of sp³-hybridized carbons (Fsp3) is 0.571. The van der Waals surface area contributed by atoms with Gasteiger partial charge in [-0.15, -0.1) is 12.4 Å². The molecule has 5 heteroatoms. The highest BCUT2D eigenvalue weighted by Crippen LogP contribution is 2.28. The molecule has 0 amide bonds. The van der Waals surface area contributed by atoms with Crippen molar-refractivity contribution in [3.8, 4) is 0 Å². The number of nitrogens with two attached hydrogens (primary N) is 1. The first-order valence-electron chi connectivity index (χ1n) is 6.48. The molecule has 1 unspecified atom stereocenters. The van der Waals surface area contributed by atoms with Gasteiger partial charge in [-0.2, -0.15) is 0 Å². The first-order valence-corrected chi connectivity index (χ1v) is 7.24. The lowest BCUT2D eigenvalue weighted by Gasteiger charge is -2.33. The van der Waals surface area contributed by atoms with E-state index in [1.807, 2.05) is 18.2 Å². The van der Waals surface area contributed by atoms with Gasteiger partial charge in [0.1, 0.15) is 0 Å². The lowest BCUT2D eigenvalue weighted by atomic mass is 9.91. The van der Waals surface area contributed by atoms with E-state index in [-0.39, 0.29) is 12.4 Å². The molecule has 1 aliphatic rings. The molecule has 0 bridgehead atoms. The minimum absolute atomic E-state index is 0. The van der Waals surface area contributed by atoms with E-state index in [2.05, 4.69) is 11.8 Å². The van der Waals surface area contributed by atoms with E-state index in [1.165, 1.54) is 12.8 Å². The number of piperidine rings is 1. The van der Waals surface area contributed by atoms with E-state index in [1.54, 1.807) is 0 Å². The number of benzene rings is 1. The highest BCUT2D eigenvalue weighted by atomic mass is 35.5. The lowest BCUT2D eigenvalue weighted by molar-refractivity contribution is 0.166. The number of likely N-dealkylation sites (tertiary alicyclic amines) is 1. The van der Waals surface area contributed by atoms with Crippen LogP contribution in [0.15, 0.2) is 18.2 Å². The normalized spacial score (nSPS) is 18.9. The summed E-state index contributed by atoms with van der Waals surface area (Å²) in [5, 5.41) is 1.33. The van der Waals surface area contributed by atoms with Gasteiger partial charge in [-0.05, 0) is 50.4 Å². The van der Waals surface area contributed by atoms with Crippen LogP contribution in [-0.2, 0) is 6.54 Å². The molecule has 2 N–H and O–H groups in total. The van der Waals surface area contributed by atoms with E-state index >= 15 is 0 Å². The van der Waals surface area contributed by atoms with Crippen LogP contribution in [0, 0.1) is 5.92 Å². The van der Waals surface area contributed by atoms with Gasteiger partial charge < -0.3 is 5.73 Å². The summed E-state index contributed by atoms with van der Waals surface area (Å²) in [4.78, 5) is 2.43. The Bertz CT molecular complexity index is 402. The molecule has 0 saturated carbocycles. The zero-order chi connectivity index (χ0) is 13.1. The predicted molar refractivity (Wildman–Crippen MR) is 85.4 cm³/mol. The summed E-state index contributed by atoms with van der Waals surface area (Å²) < 4.78 is 0. The van der Waals surface area contributed by atoms with Crippen molar-refractivity contribution in [1.29, 1.82) is 0 Å². The van der Waals surface area contributed by atoms with E-state index in [9.17, 15) is 0 Å². The van der Waals surface area contributed by atoms with Gasteiger partial charge in [0.25, 0.3) is 0 Å². The average Bonchev–Trinajstić information content (AvgIpc) is 2.36. The van der Waals surface area contributed by atoms with Crippen LogP contribution in [0.25, 0.3) is 0 Å². The van der Waals surface area contributed by atoms with Gasteiger partial charge in [-0.3, -0.25) is 4.90 Å². The Kier molecular flexibility index (Phi) is 6.92. The minimum atomic E-state index is 0.